The van der Waals surface area contributed by atoms with Gasteiger partial charge in [-0.25, -0.2) is 24.1 Å². The molecule has 0 saturated carbocycles. The number of aromatic nitrogens is 7. The summed E-state index contributed by atoms with van der Waals surface area (Å²) in [4.78, 5) is 13.2. The van der Waals surface area contributed by atoms with Crippen LogP contribution in [0.1, 0.15) is 11.5 Å². The molecule has 0 fully saturated rings. The van der Waals surface area contributed by atoms with E-state index in [1.54, 1.807) is 22.6 Å². The number of benzene rings is 1. The summed E-state index contributed by atoms with van der Waals surface area (Å²) in [6, 6.07) is 7.60. The molecule has 0 saturated heterocycles. The highest BCUT2D eigenvalue weighted by molar-refractivity contribution is 5.67. The van der Waals surface area contributed by atoms with E-state index >= 15 is 0 Å². The predicted molar refractivity (Wildman–Crippen MR) is 87.2 cm³/mol. The molecule has 120 valence electrons. The Labute approximate surface area is 137 Å². The molecular formula is C16H15N7O. The molecule has 0 unspecified atom stereocenters. The Bertz CT molecular complexity index is 1000. The third kappa shape index (κ3) is 2.19. The minimum Gasteiger partial charge on any atom is -0.497 e. The zero-order valence-electron chi connectivity index (χ0n) is 13.5. The fraction of sp³-hybridized carbons (Fsp3) is 0.188. The molecule has 0 aliphatic rings. The topological polar surface area (TPSA) is 83.0 Å². The number of nitrogens with zero attached hydrogens (tertiary/aromatic N) is 7. The second kappa shape index (κ2) is 5.41. The molecule has 0 aliphatic carbocycles. The lowest BCUT2D eigenvalue weighted by Gasteiger charge is -2.08. The largest absolute Gasteiger partial charge is 0.497 e. The van der Waals surface area contributed by atoms with Crippen LogP contribution in [0, 0.1) is 13.8 Å². The molecule has 0 amide bonds. The molecule has 1 aromatic carbocycles. The van der Waals surface area contributed by atoms with Crippen molar-refractivity contribution in [1.82, 2.24) is 34.3 Å². The van der Waals surface area contributed by atoms with E-state index in [1.807, 2.05) is 38.1 Å². The normalized spacial score (nSPS) is 11.1. The first-order chi connectivity index (χ1) is 11.7. The molecule has 3 aromatic heterocycles. The zero-order chi connectivity index (χ0) is 16.7. The van der Waals surface area contributed by atoms with Crippen molar-refractivity contribution in [3.63, 3.8) is 0 Å². The van der Waals surface area contributed by atoms with Gasteiger partial charge in [0.2, 0.25) is 0 Å². The highest BCUT2D eigenvalue weighted by Crippen LogP contribution is 2.23. The lowest BCUT2D eigenvalue weighted by Crippen LogP contribution is -2.08. The molecule has 0 radical (unpaired) electrons. The highest BCUT2D eigenvalue weighted by atomic mass is 16.5. The minimum atomic E-state index is 0.580. The molecule has 3 heterocycles. The standard InChI is InChI=1S/C16H15N7O/c1-10-14-16(22-9-17-8-18-22)20-15(21-23(14)11(2)19-10)12-4-6-13(24-3)7-5-12/h4-9H,1-3H3. The van der Waals surface area contributed by atoms with Crippen LogP contribution in [0.5, 0.6) is 5.75 Å². The van der Waals surface area contributed by atoms with Crippen LogP contribution >= 0.6 is 0 Å². The lowest BCUT2D eigenvalue weighted by molar-refractivity contribution is 0.415. The summed E-state index contributed by atoms with van der Waals surface area (Å²) in [5.74, 6) is 2.80. The average Bonchev–Trinajstić information content (AvgIpc) is 3.23. The molecule has 0 N–H and O–H groups in total. The van der Waals surface area contributed by atoms with Crippen molar-refractivity contribution in [2.24, 2.45) is 0 Å². The van der Waals surface area contributed by atoms with Crippen LogP contribution in [0.2, 0.25) is 0 Å². The number of hydrogen-bond acceptors (Lipinski definition) is 6. The number of imidazole rings is 1. The van der Waals surface area contributed by atoms with Crippen LogP contribution in [0.15, 0.2) is 36.9 Å². The second-order valence-corrected chi connectivity index (χ2v) is 5.33. The summed E-state index contributed by atoms with van der Waals surface area (Å²) >= 11 is 0. The van der Waals surface area contributed by atoms with Gasteiger partial charge in [0.15, 0.2) is 11.6 Å². The van der Waals surface area contributed by atoms with Gasteiger partial charge in [-0.2, -0.15) is 5.10 Å². The van der Waals surface area contributed by atoms with Crippen molar-refractivity contribution in [3.05, 3.63) is 48.4 Å². The Morgan fingerprint density at radius 2 is 1.83 bits per heavy atom. The van der Waals surface area contributed by atoms with E-state index in [2.05, 4.69) is 20.2 Å². The molecular weight excluding hydrogens is 306 g/mol. The van der Waals surface area contributed by atoms with Gasteiger partial charge in [0.05, 0.1) is 12.8 Å². The summed E-state index contributed by atoms with van der Waals surface area (Å²) in [6.07, 6.45) is 3.09. The van der Waals surface area contributed by atoms with E-state index in [4.69, 9.17) is 9.72 Å². The predicted octanol–water partition coefficient (Wildman–Crippen LogP) is 2.00. The molecule has 0 aliphatic heterocycles. The average molecular weight is 321 g/mol. The van der Waals surface area contributed by atoms with Crippen LogP contribution < -0.4 is 4.74 Å². The number of fused-ring (bicyclic) bond motifs is 1. The lowest BCUT2D eigenvalue weighted by atomic mass is 10.2. The van der Waals surface area contributed by atoms with Crippen LogP contribution in [-0.4, -0.2) is 41.5 Å². The summed E-state index contributed by atoms with van der Waals surface area (Å²) in [7, 11) is 1.64. The molecule has 8 heteroatoms. The third-order valence-corrected chi connectivity index (χ3v) is 3.79. The van der Waals surface area contributed by atoms with Crippen molar-refractivity contribution >= 4 is 5.52 Å². The second-order valence-electron chi connectivity index (χ2n) is 5.33. The number of rotatable bonds is 3. The monoisotopic (exact) mass is 321 g/mol. The van der Waals surface area contributed by atoms with Crippen LogP contribution in [0.4, 0.5) is 0 Å². The first kappa shape index (κ1) is 14.3. The molecule has 4 rings (SSSR count). The molecule has 24 heavy (non-hydrogen) atoms. The van der Waals surface area contributed by atoms with E-state index in [0.717, 1.165) is 28.3 Å². The molecule has 0 bridgehead atoms. The Hall–Kier alpha value is -3.29. The summed E-state index contributed by atoms with van der Waals surface area (Å²) in [5.41, 5.74) is 2.54. The molecule has 0 spiro atoms. The number of methoxy groups -OCH3 is 1. The van der Waals surface area contributed by atoms with Gasteiger partial charge in [-0.1, -0.05) is 0 Å². The Kier molecular flexibility index (Phi) is 3.23. The van der Waals surface area contributed by atoms with Gasteiger partial charge in [0.25, 0.3) is 0 Å². The van der Waals surface area contributed by atoms with E-state index in [1.165, 1.54) is 6.33 Å². The Morgan fingerprint density at radius 1 is 1.04 bits per heavy atom. The van der Waals surface area contributed by atoms with Crippen LogP contribution in [0.25, 0.3) is 22.7 Å². The number of ether oxygens (including phenoxy) is 1. The van der Waals surface area contributed by atoms with Crippen LogP contribution in [-0.2, 0) is 0 Å². The van der Waals surface area contributed by atoms with Gasteiger partial charge in [-0.15, -0.1) is 5.10 Å². The maximum atomic E-state index is 5.20. The zero-order valence-corrected chi connectivity index (χ0v) is 13.5. The van der Waals surface area contributed by atoms with Crippen molar-refractivity contribution in [2.75, 3.05) is 7.11 Å². The van der Waals surface area contributed by atoms with Crippen LogP contribution in [0.3, 0.4) is 0 Å². The van der Waals surface area contributed by atoms with E-state index in [-0.39, 0.29) is 0 Å². The number of hydrogen-bond donors (Lipinski definition) is 0. The van der Waals surface area contributed by atoms with Gasteiger partial charge >= 0.3 is 0 Å². The summed E-state index contributed by atoms with van der Waals surface area (Å²) < 4.78 is 8.62. The SMILES string of the molecule is COc1ccc(-c2nc(-n3cncn3)c3c(C)nc(C)n3n2)cc1. The van der Waals surface area contributed by atoms with E-state index < -0.39 is 0 Å². The maximum Gasteiger partial charge on any atom is 0.185 e. The maximum absolute atomic E-state index is 5.20. The summed E-state index contributed by atoms with van der Waals surface area (Å²) in [5, 5.41) is 8.84. The molecule has 0 atom stereocenters. The van der Waals surface area contributed by atoms with E-state index in [0.29, 0.717) is 11.6 Å². The first-order valence-electron chi connectivity index (χ1n) is 7.41. The van der Waals surface area contributed by atoms with Crippen molar-refractivity contribution in [1.29, 1.82) is 0 Å². The smallest absolute Gasteiger partial charge is 0.185 e. The van der Waals surface area contributed by atoms with Gasteiger partial charge in [-0.05, 0) is 38.1 Å². The van der Waals surface area contributed by atoms with E-state index in [9.17, 15) is 0 Å². The first-order valence-corrected chi connectivity index (χ1v) is 7.41. The van der Waals surface area contributed by atoms with Gasteiger partial charge in [0.1, 0.15) is 29.7 Å². The van der Waals surface area contributed by atoms with Crippen molar-refractivity contribution in [3.8, 4) is 23.0 Å². The van der Waals surface area contributed by atoms with Gasteiger partial charge in [0, 0.05) is 5.56 Å². The summed E-state index contributed by atoms with van der Waals surface area (Å²) in [6.45, 7) is 3.84. The van der Waals surface area contributed by atoms with Crippen molar-refractivity contribution < 1.29 is 4.74 Å². The highest BCUT2D eigenvalue weighted by Gasteiger charge is 2.17. The fourth-order valence-electron chi connectivity index (χ4n) is 2.65. The fourth-order valence-corrected chi connectivity index (χ4v) is 2.65. The Morgan fingerprint density at radius 3 is 2.50 bits per heavy atom. The molecule has 8 nitrogen and oxygen atoms in total. The number of aryl methyl sites for hydroxylation is 2. The third-order valence-electron chi connectivity index (χ3n) is 3.79. The quantitative estimate of drug-likeness (QED) is 0.574. The van der Waals surface area contributed by atoms with Gasteiger partial charge in [-0.3, -0.25) is 0 Å². The van der Waals surface area contributed by atoms with Gasteiger partial charge < -0.3 is 4.74 Å². The Balaban J connectivity index is 1.98. The minimum absolute atomic E-state index is 0.580. The molecule has 4 aromatic rings. The van der Waals surface area contributed by atoms with Crippen molar-refractivity contribution in [2.45, 2.75) is 13.8 Å².